The summed E-state index contributed by atoms with van der Waals surface area (Å²) >= 11 is 1.84. The molecule has 0 spiro atoms. The summed E-state index contributed by atoms with van der Waals surface area (Å²) in [6.07, 6.45) is 2.72. The molecule has 0 aromatic carbocycles. The summed E-state index contributed by atoms with van der Waals surface area (Å²) in [6.45, 7) is 9.37. The van der Waals surface area contributed by atoms with Crippen LogP contribution in [0.15, 0.2) is 0 Å². The molecule has 2 rings (SSSR count). The monoisotopic (exact) mass is 311 g/mol. The Hall–Kier alpha value is -0.650. The van der Waals surface area contributed by atoms with Crippen molar-refractivity contribution in [2.75, 3.05) is 32.2 Å². The van der Waals surface area contributed by atoms with Gasteiger partial charge in [0.15, 0.2) is 5.13 Å². The molecule has 120 valence electrons. The largest absolute Gasteiger partial charge is 0.383 e. The van der Waals surface area contributed by atoms with Crippen molar-refractivity contribution in [3.63, 3.8) is 0 Å². The van der Waals surface area contributed by atoms with E-state index in [4.69, 9.17) is 9.72 Å². The first-order chi connectivity index (χ1) is 10.1. The van der Waals surface area contributed by atoms with Gasteiger partial charge in [-0.3, -0.25) is 0 Å². The average Bonchev–Trinajstić information content (AvgIpc) is 3.21. The number of nitrogens with one attached hydrogen (secondary N) is 1. The number of methoxy groups -OCH3 is 1. The fraction of sp³-hybridized carbons (Fsp3) is 0.812. The van der Waals surface area contributed by atoms with E-state index < -0.39 is 0 Å². The number of ether oxygens (including phenoxy) is 1. The Bertz CT molecular complexity index is 443. The molecule has 21 heavy (non-hydrogen) atoms. The molecule has 0 aliphatic heterocycles. The first kappa shape index (κ1) is 16.7. The molecule has 1 atom stereocenters. The molecule has 1 N–H and O–H groups in total. The van der Waals surface area contributed by atoms with Crippen molar-refractivity contribution in [1.29, 1.82) is 0 Å². The maximum Gasteiger partial charge on any atom is 0.186 e. The second-order valence-electron chi connectivity index (χ2n) is 6.25. The van der Waals surface area contributed by atoms with Crippen LogP contribution in [0.2, 0.25) is 0 Å². The summed E-state index contributed by atoms with van der Waals surface area (Å²) in [5.74, 6) is 1.31. The lowest BCUT2D eigenvalue weighted by atomic mass is 10.1. The molecule has 1 aliphatic carbocycles. The van der Waals surface area contributed by atoms with Crippen molar-refractivity contribution in [2.45, 2.75) is 52.1 Å². The zero-order valence-corrected chi connectivity index (χ0v) is 14.8. The Morgan fingerprint density at radius 3 is 2.62 bits per heavy atom. The van der Waals surface area contributed by atoms with Crippen molar-refractivity contribution >= 4 is 16.5 Å². The van der Waals surface area contributed by atoms with Gasteiger partial charge >= 0.3 is 0 Å². The third kappa shape index (κ3) is 4.18. The summed E-state index contributed by atoms with van der Waals surface area (Å²) < 4.78 is 5.30. The molecule has 0 bridgehead atoms. The minimum Gasteiger partial charge on any atom is -0.383 e. The minimum atomic E-state index is 0.471. The second-order valence-corrected chi connectivity index (χ2v) is 7.32. The Labute approximate surface area is 132 Å². The quantitative estimate of drug-likeness (QED) is 0.760. The normalized spacial score (nSPS) is 16.5. The summed E-state index contributed by atoms with van der Waals surface area (Å²) in [5, 5.41) is 4.43. The molecule has 1 heterocycles. The summed E-state index contributed by atoms with van der Waals surface area (Å²) in [6, 6.07) is 0.564. The van der Waals surface area contributed by atoms with Gasteiger partial charge < -0.3 is 15.0 Å². The van der Waals surface area contributed by atoms with Crippen molar-refractivity contribution in [3.8, 4) is 0 Å². The van der Waals surface area contributed by atoms with E-state index in [0.717, 1.165) is 25.6 Å². The van der Waals surface area contributed by atoms with Crippen LogP contribution in [0.4, 0.5) is 5.13 Å². The van der Waals surface area contributed by atoms with Gasteiger partial charge in [0.25, 0.3) is 0 Å². The minimum absolute atomic E-state index is 0.471. The Balaban J connectivity index is 2.23. The topological polar surface area (TPSA) is 37.4 Å². The van der Waals surface area contributed by atoms with E-state index >= 15 is 0 Å². The molecule has 1 saturated carbocycles. The van der Waals surface area contributed by atoms with Gasteiger partial charge in [-0.2, -0.15) is 0 Å². The van der Waals surface area contributed by atoms with Crippen LogP contribution >= 0.6 is 11.3 Å². The lowest BCUT2D eigenvalue weighted by Crippen LogP contribution is -2.37. The fourth-order valence-corrected chi connectivity index (χ4v) is 4.05. The van der Waals surface area contributed by atoms with Gasteiger partial charge in [-0.15, -0.1) is 11.3 Å². The average molecular weight is 311 g/mol. The maximum atomic E-state index is 5.30. The Morgan fingerprint density at radius 1 is 1.38 bits per heavy atom. The summed E-state index contributed by atoms with van der Waals surface area (Å²) in [7, 11) is 3.77. The van der Waals surface area contributed by atoms with E-state index in [1.54, 1.807) is 7.11 Å². The van der Waals surface area contributed by atoms with E-state index in [0.29, 0.717) is 12.0 Å². The van der Waals surface area contributed by atoms with Gasteiger partial charge in [-0.05, 0) is 38.6 Å². The predicted octanol–water partition coefficient (Wildman–Crippen LogP) is 3.24. The van der Waals surface area contributed by atoms with Gasteiger partial charge in [0.05, 0.1) is 12.3 Å². The highest BCUT2D eigenvalue weighted by Gasteiger charge is 2.33. The molecule has 4 nitrogen and oxygen atoms in total. The number of hydrogen-bond acceptors (Lipinski definition) is 5. The van der Waals surface area contributed by atoms with Gasteiger partial charge in [-0.25, -0.2) is 4.98 Å². The summed E-state index contributed by atoms with van der Waals surface area (Å²) in [5.41, 5.74) is 1.25. The van der Waals surface area contributed by atoms with E-state index in [9.17, 15) is 0 Å². The van der Waals surface area contributed by atoms with Gasteiger partial charge in [0.2, 0.25) is 0 Å². The predicted molar refractivity (Wildman–Crippen MR) is 90.4 cm³/mol. The number of rotatable bonds is 9. The molecule has 5 heteroatoms. The van der Waals surface area contributed by atoms with E-state index in [-0.39, 0.29) is 0 Å². The fourth-order valence-electron chi connectivity index (χ4n) is 2.71. The summed E-state index contributed by atoms with van der Waals surface area (Å²) in [4.78, 5) is 8.79. The van der Waals surface area contributed by atoms with Gasteiger partial charge in [0.1, 0.15) is 0 Å². The second kappa shape index (κ2) is 7.56. The number of aromatic nitrogens is 1. The number of nitrogens with zero attached hydrogens (tertiary/aromatic N) is 2. The van der Waals surface area contributed by atoms with Gasteiger partial charge in [0, 0.05) is 31.1 Å². The molecule has 1 aliphatic rings. The van der Waals surface area contributed by atoms with Crippen LogP contribution < -0.4 is 10.2 Å². The molecule has 0 saturated heterocycles. The van der Waals surface area contributed by atoms with Crippen LogP contribution in [0.25, 0.3) is 0 Å². The van der Waals surface area contributed by atoms with Crippen molar-refractivity contribution in [2.24, 2.45) is 5.92 Å². The number of anilines is 1. The highest BCUT2D eigenvalue weighted by molar-refractivity contribution is 7.15. The van der Waals surface area contributed by atoms with E-state index in [1.807, 2.05) is 18.4 Å². The van der Waals surface area contributed by atoms with Crippen LogP contribution in [0.3, 0.4) is 0 Å². The van der Waals surface area contributed by atoms with E-state index in [2.05, 4.69) is 31.0 Å². The zero-order valence-electron chi connectivity index (χ0n) is 14.0. The maximum absolute atomic E-state index is 5.30. The lowest BCUT2D eigenvalue weighted by Gasteiger charge is -2.28. The van der Waals surface area contributed by atoms with Crippen LogP contribution in [0.5, 0.6) is 0 Å². The van der Waals surface area contributed by atoms with Crippen LogP contribution in [0, 0.1) is 5.92 Å². The smallest absolute Gasteiger partial charge is 0.186 e. The molecule has 0 amide bonds. The van der Waals surface area contributed by atoms with Crippen molar-refractivity contribution in [1.82, 2.24) is 10.3 Å². The van der Waals surface area contributed by atoms with Gasteiger partial charge in [-0.1, -0.05) is 13.8 Å². The van der Waals surface area contributed by atoms with Crippen molar-refractivity contribution in [3.05, 3.63) is 10.6 Å². The van der Waals surface area contributed by atoms with Crippen LogP contribution in [-0.4, -0.2) is 38.3 Å². The third-order valence-electron chi connectivity index (χ3n) is 4.18. The molecular weight excluding hydrogens is 282 g/mol. The first-order valence-corrected chi connectivity index (χ1v) is 8.79. The SMILES string of the molecule is CNCc1sc(N(CCOC)C(C)C2CC2)nc1C(C)C. The molecule has 1 aromatic rings. The number of hydrogen-bond donors (Lipinski definition) is 1. The third-order valence-corrected chi connectivity index (χ3v) is 5.29. The Morgan fingerprint density at radius 2 is 2.10 bits per heavy atom. The van der Waals surface area contributed by atoms with Crippen LogP contribution in [-0.2, 0) is 11.3 Å². The number of thiazole rings is 1. The van der Waals surface area contributed by atoms with Crippen molar-refractivity contribution < 1.29 is 4.74 Å². The molecule has 1 unspecified atom stereocenters. The molecule has 1 aromatic heterocycles. The van der Waals surface area contributed by atoms with Crippen LogP contribution in [0.1, 0.15) is 50.1 Å². The first-order valence-electron chi connectivity index (χ1n) is 7.98. The van der Waals surface area contributed by atoms with E-state index in [1.165, 1.54) is 28.5 Å². The molecular formula is C16H29N3OS. The molecule has 1 fully saturated rings. The standard InChI is InChI=1S/C16H29N3OS/c1-11(2)15-14(10-17-4)21-16(18-15)19(8-9-20-5)12(3)13-6-7-13/h11-13,17H,6-10H2,1-5H3. The highest BCUT2D eigenvalue weighted by atomic mass is 32.1. The zero-order chi connectivity index (χ0) is 15.4. The lowest BCUT2D eigenvalue weighted by molar-refractivity contribution is 0.202. The highest BCUT2D eigenvalue weighted by Crippen LogP contribution is 2.39. The Kier molecular flexibility index (Phi) is 6.02. The molecule has 0 radical (unpaired) electrons.